The van der Waals surface area contributed by atoms with Crippen LogP contribution < -0.4 is 9.64 Å². The van der Waals surface area contributed by atoms with E-state index in [0.29, 0.717) is 6.42 Å². The Balaban J connectivity index is 1.82. The minimum Gasteiger partial charge on any atom is -0.497 e. The number of hydrogen-bond donors (Lipinski definition) is 0. The van der Waals surface area contributed by atoms with Crippen LogP contribution in [0.1, 0.15) is 30.9 Å². The van der Waals surface area contributed by atoms with Crippen molar-refractivity contribution in [1.29, 1.82) is 0 Å². The second-order valence-corrected chi connectivity index (χ2v) is 8.61. The summed E-state index contributed by atoms with van der Waals surface area (Å²) in [6, 6.07) is 18.7. The number of carbonyl (C=O) groups is 1. The number of benzene rings is 3. The molecule has 2 aliphatic rings. The van der Waals surface area contributed by atoms with Gasteiger partial charge in [0.1, 0.15) is 5.75 Å². The standard InChI is InChI=1S/C24H20BrNO2/c1-24-12-11-22(27)26(24)21-10-5-16-13-17(25)6-9-19(16)23(21)20(14-24)15-3-7-18(28-2)8-4-15/h3-10,13-14H,11-12H2,1-2H3. The van der Waals surface area contributed by atoms with E-state index in [-0.39, 0.29) is 11.4 Å². The first-order chi connectivity index (χ1) is 13.5. The van der Waals surface area contributed by atoms with E-state index in [0.717, 1.165) is 44.2 Å². The summed E-state index contributed by atoms with van der Waals surface area (Å²) in [5.41, 5.74) is 4.16. The fraction of sp³-hybridized carbons (Fsp3) is 0.208. The zero-order valence-corrected chi connectivity index (χ0v) is 17.4. The number of hydrogen-bond acceptors (Lipinski definition) is 2. The van der Waals surface area contributed by atoms with Crippen LogP contribution in [-0.4, -0.2) is 18.6 Å². The van der Waals surface area contributed by atoms with E-state index in [1.165, 1.54) is 5.57 Å². The molecular weight excluding hydrogens is 414 g/mol. The maximum absolute atomic E-state index is 12.8. The number of ether oxygens (including phenoxy) is 1. The molecule has 0 N–H and O–H groups in total. The smallest absolute Gasteiger partial charge is 0.227 e. The summed E-state index contributed by atoms with van der Waals surface area (Å²) in [5, 5.41) is 2.31. The molecule has 4 heteroatoms. The summed E-state index contributed by atoms with van der Waals surface area (Å²) in [6.07, 6.45) is 3.70. The third-order valence-electron chi connectivity index (χ3n) is 5.93. The molecule has 1 atom stereocenters. The normalized spacial score (nSPS) is 20.8. The highest BCUT2D eigenvalue weighted by atomic mass is 79.9. The van der Waals surface area contributed by atoms with Crippen LogP contribution in [0.25, 0.3) is 16.3 Å². The molecule has 0 bridgehead atoms. The summed E-state index contributed by atoms with van der Waals surface area (Å²) in [6.45, 7) is 2.16. The van der Waals surface area contributed by atoms with Crippen LogP contribution in [0.3, 0.4) is 0 Å². The van der Waals surface area contributed by atoms with Gasteiger partial charge in [-0.05, 0) is 65.6 Å². The van der Waals surface area contributed by atoms with Crippen LogP contribution in [0.15, 0.2) is 65.1 Å². The molecule has 2 heterocycles. The molecule has 0 aromatic heterocycles. The summed E-state index contributed by atoms with van der Waals surface area (Å²) < 4.78 is 6.38. The molecule has 1 saturated heterocycles. The van der Waals surface area contributed by atoms with Gasteiger partial charge in [-0.3, -0.25) is 4.79 Å². The largest absolute Gasteiger partial charge is 0.497 e. The van der Waals surface area contributed by atoms with Gasteiger partial charge in [0.15, 0.2) is 0 Å². The predicted molar refractivity (Wildman–Crippen MR) is 117 cm³/mol. The Labute approximate surface area is 172 Å². The van der Waals surface area contributed by atoms with Crippen LogP contribution in [0.4, 0.5) is 5.69 Å². The Morgan fingerprint density at radius 1 is 1.07 bits per heavy atom. The number of carbonyl (C=O) groups excluding carboxylic acids is 1. The second-order valence-electron chi connectivity index (χ2n) is 7.70. The lowest BCUT2D eigenvalue weighted by Gasteiger charge is -2.39. The van der Waals surface area contributed by atoms with Gasteiger partial charge in [-0.15, -0.1) is 0 Å². The Morgan fingerprint density at radius 3 is 2.61 bits per heavy atom. The lowest BCUT2D eigenvalue weighted by atomic mass is 9.82. The van der Waals surface area contributed by atoms with Crippen molar-refractivity contribution in [3.63, 3.8) is 0 Å². The zero-order chi connectivity index (χ0) is 19.5. The van der Waals surface area contributed by atoms with E-state index in [4.69, 9.17) is 4.74 Å². The molecule has 3 aromatic rings. The summed E-state index contributed by atoms with van der Waals surface area (Å²) in [4.78, 5) is 14.8. The molecule has 5 rings (SSSR count). The van der Waals surface area contributed by atoms with Crippen molar-refractivity contribution in [2.75, 3.05) is 12.0 Å². The molecule has 140 valence electrons. The van der Waals surface area contributed by atoms with E-state index in [2.05, 4.69) is 71.4 Å². The Kier molecular flexibility index (Phi) is 3.88. The topological polar surface area (TPSA) is 29.5 Å². The van der Waals surface area contributed by atoms with Crippen LogP contribution in [0.5, 0.6) is 5.75 Å². The fourth-order valence-corrected chi connectivity index (χ4v) is 4.93. The molecule has 1 amide bonds. The Bertz CT molecular complexity index is 1150. The highest BCUT2D eigenvalue weighted by Crippen LogP contribution is 2.49. The van der Waals surface area contributed by atoms with Crippen molar-refractivity contribution >= 4 is 43.9 Å². The van der Waals surface area contributed by atoms with Crippen LogP contribution in [-0.2, 0) is 4.79 Å². The van der Waals surface area contributed by atoms with Gasteiger partial charge >= 0.3 is 0 Å². The lowest BCUT2D eigenvalue weighted by molar-refractivity contribution is -0.117. The van der Waals surface area contributed by atoms with Crippen molar-refractivity contribution < 1.29 is 9.53 Å². The van der Waals surface area contributed by atoms with Crippen molar-refractivity contribution in [1.82, 2.24) is 0 Å². The quantitative estimate of drug-likeness (QED) is 0.500. The first kappa shape index (κ1) is 17.5. The average Bonchev–Trinajstić information content (AvgIpc) is 3.01. The van der Waals surface area contributed by atoms with Gasteiger partial charge in [0.2, 0.25) is 5.91 Å². The number of nitrogens with zero attached hydrogens (tertiary/aromatic N) is 1. The van der Waals surface area contributed by atoms with Crippen molar-refractivity contribution in [2.45, 2.75) is 25.3 Å². The summed E-state index contributed by atoms with van der Waals surface area (Å²) in [7, 11) is 1.68. The van der Waals surface area contributed by atoms with Crippen LogP contribution in [0.2, 0.25) is 0 Å². The monoisotopic (exact) mass is 433 g/mol. The van der Waals surface area contributed by atoms with E-state index < -0.39 is 0 Å². The number of methoxy groups -OCH3 is 1. The molecular formula is C24H20BrNO2. The lowest BCUT2D eigenvalue weighted by Crippen LogP contribution is -2.44. The summed E-state index contributed by atoms with van der Waals surface area (Å²) >= 11 is 3.57. The van der Waals surface area contributed by atoms with Crippen LogP contribution in [0, 0.1) is 0 Å². The van der Waals surface area contributed by atoms with Gasteiger partial charge in [-0.25, -0.2) is 0 Å². The number of fused-ring (bicyclic) bond motifs is 5. The van der Waals surface area contributed by atoms with Gasteiger partial charge in [0, 0.05) is 16.5 Å². The number of amides is 1. The number of rotatable bonds is 2. The molecule has 1 fully saturated rings. The third-order valence-corrected chi connectivity index (χ3v) is 6.42. The molecule has 0 radical (unpaired) electrons. The van der Waals surface area contributed by atoms with Crippen molar-refractivity contribution in [2.24, 2.45) is 0 Å². The molecule has 0 spiro atoms. The van der Waals surface area contributed by atoms with Gasteiger partial charge in [-0.2, -0.15) is 0 Å². The predicted octanol–water partition coefficient (Wildman–Crippen LogP) is 5.94. The van der Waals surface area contributed by atoms with E-state index in [1.807, 2.05) is 17.0 Å². The zero-order valence-electron chi connectivity index (χ0n) is 15.8. The van der Waals surface area contributed by atoms with E-state index in [9.17, 15) is 4.79 Å². The number of anilines is 1. The van der Waals surface area contributed by atoms with E-state index >= 15 is 0 Å². The third kappa shape index (κ3) is 2.51. The van der Waals surface area contributed by atoms with Crippen molar-refractivity contribution in [3.05, 3.63) is 76.3 Å². The minimum absolute atomic E-state index is 0.199. The Morgan fingerprint density at radius 2 is 1.86 bits per heavy atom. The highest BCUT2D eigenvalue weighted by Gasteiger charge is 2.45. The molecule has 28 heavy (non-hydrogen) atoms. The molecule has 0 saturated carbocycles. The van der Waals surface area contributed by atoms with Crippen molar-refractivity contribution in [3.8, 4) is 5.75 Å². The molecule has 0 aliphatic carbocycles. The molecule has 3 nitrogen and oxygen atoms in total. The van der Waals surface area contributed by atoms with E-state index in [1.54, 1.807) is 7.11 Å². The molecule has 3 aromatic carbocycles. The average molecular weight is 434 g/mol. The first-order valence-electron chi connectivity index (χ1n) is 9.43. The first-order valence-corrected chi connectivity index (χ1v) is 10.2. The minimum atomic E-state index is -0.289. The molecule has 1 unspecified atom stereocenters. The van der Waals surface area contributed by atoms with Gasteiger partial charge in [0.05, 0.1) is 18.3 Å². The summed E-state index contributed by atoms with van der Waals surface area (Å²) in [5.74, 6) is 1.04. The fourth-order valence-electron chi connectivity index (χ4n) is 4.55. The highest BCUT2D eigenvalue weighted by molar-refractivity contribution is 9.10. The number of halogens is 1. The Hall–Kier alpha value is -2.59. The van der Waals surface area contributed by atoms with Gasteiger partial charge < -0.3 is 9.64 Å². The van der Waals surface area contributed by atoms with Gasteiger partial charge in [0.25, 0.3) is 0 Å². The van der Waals surface area contributed by atoms with Crippen LogP contribution >= 0.6 is 15.9 Å². The maximum Gasteiger partial charge on any atom is 0.227 e. The molecule has 2 aliphatic heterocycles. The maximum atomic E-state index is 12.8. The second kappa shape index (κ2) is 6.21. The van der Waals surface area contributed by atoms with Gasteiger partial charge in [-0.1, -0.05) is 46.3 Å². The SMILES string of the molecule is COc1ccc(C2=CC3(C)CCC(=O)N3c3ccc4cc(Br)ccc4c32)cc1.